The number of piperidine rings is 1. The van der Waals surface area contributed by atoms with Crippen LogP contribution in [0.4, 0.5) is 10.5 Å². The first-order chi connectivity index (χ1) is 11.7. The van der Waals surface area contributed by atoms with Gasteiger partial charge in [-0.1, -0.05) is 0 Å². The molecule has 0 saturated carbocycles. The van der Waals surface area contributed by atoms with Crippen LogP contribution in [0.15, 0.2) is 18.2 Å². The van der Waals surface area contributed by atoms with Crippen LogP contribution in [-0.4, -0.2) is 54.7 Å². The smallest absolute Gasteiger partial charge is 0.320 e. The number of hydrogen-bond donors (Lipinski definition) is 1. The van der Waals surface area contributed by atoms with E-state index in [1.165, 1.54) is 0 Å². The van der Waals surface area contributed by atoms with Crippen LogP contribution in [0.3, 0.4) is 0 Å². The van der Waals surface area contributed by atoms with Crippen molar-refractivity contribution in [1.82, 2.24) is 9.80 Å². The number of anilines is 1. The van der Waals surface area contributed by atoms with Crippen molar-refractivity contribution < 1.29 is 19.1 Å². The molecule has 128 valence electrons. The average molecular weight is 331 g/mol. The normalized spacial score (nSPS) is 19.8. The van der Waals surface area contributed by atoms with Gasteiger partial charge in [0.05, 0.1) is 0 Å². The van der Waals surface area contributed by atoms with E-state index in [9.17, 15) is 9.59 Å². The van der Waals surface area contributed by atoms with Crippen molar-refractivity contribution in [1.29, 1.82) is 0 Å². The second-order valence-corrected chi connectivity index (χ2v) is 6.44. The fourth-order valence-electron chi connectivity index (χ4n) is 3.26. The summed E-state index contributed by atoms with van der Waals surface area (Å²) in [6.45, 7) is 3.24. The lowest BCUT2D eigenvalue weighted by atomic mass is 9.96. The van der Waals surface area contributed by atoms with E-state index in [-0.39, 0.29) is 24.6 Å². The van der Waals surface area contributed by atoms with Crippen molar-refractivity contribution in [2.45, 2.75) is 19.3 Å². The zero-order chi connectivity index (χ0) is 16.5. The summed E-state index contributed by atoms with van der Waals surface area (Å²) < 4.78 is 10.6. The minimum Gasteiger partial charge on any atom is -0.454 e. The number of nitrogens with one attached hydrogen (secondary N) is 1. The van der Waals surface area contributed by atoms with Crippen LogP contribution in [0.5, 0.6) is 11.5 Å². The van der Waals surface area contributed by atoms with Crippen molar-refractivity contribution in [3.63, 3.8) is 0 Å². The summed E-state index contributed by atoms with van der Waals surface area (Å²) in [4.78, 5) is 28.4. The second-order valence-electron chi connectivity index (χ2n) is 6.44. The zero-order valence-electron chi connectivity index (χ0n) is 13.5. The molecule has 1 aromatic rings. The molecular formula is C17H21N3O4. The Morgan fingerprint density at radius 3 is 2.42 bits per heavy atom. The van der Waals surface area contributed by atoms with E-state index < -0.39 is 0 Å². The quantitative estimate of drug-likeness (QED) is 0.898. The molecule has 0 aromatic heterocycles. The summed E-state index contributed by atoms with van der Waals surface area (Å²) in [5, 5.41) is 2.94. The molecule has 24 heavy (non-hydrogen) atoms. The van der Waals surface area contributed by atoms with Gasteiger partial charge in [0.15, 0.2) is 11.5 Å². The van der Waals surface area contributed by atoms with Gasteiger partial charge in [0.2, 0.25) is 12.7 Å². The highest BCUT2D eigenvalue weighted by Crippen LogP contribution is 2.34. The molecule has 1 aromatic carbocycles. The largest absolute Gasteiger partial charge is 0.454 e. The van der Waals surface area contributed by atoms with Gasteiger partial charge in [0.25, 0.3) is 0 Å². The van der Waals surface area contributed by atoms with Crippen LogP contribution in [0.1, 0.15) is 19.3 Å². The molecule has 7 nitrogen and oxygen atoms in total. The van der Waals surface area contributed by atoms with E-state index in [1.807, 2.05) is 15.9 Å². The first kappa shape index (κ1) is 15.1. The molecular weight excluding hydrogens is 310 g/mol. The summed E-state index contributed by atoms with van der Waals surface area (Å²) >= 11 is 0. The van der Waals surface area contributed by atoms with Crippen molar-refractivity contribution >= 4 is 17.6 Å². The van der Waals surface area contributed by atoms with Crippen LogP contribution < -0.4 is 14.8 Å². The molecule has 3 amide bonds. The number of fused-ring (bicyclic) bond motifs is 1. The van der Waals surface area contributed by atoms with Gasteiger partial charge in [-0.2, -0.15) is 0 Å². The van der Waals surface area contributed by atoms with Crippen molar-refractivity contribution in [3.05, 3.63) is 18.2 Å². The Hall–Kier alpha value is -2.44. The number of ether oxygens (including phenoxy) is 2. The number of rotatable bonds is 2. The lowest BCUT2D eigenvalue weighted by Gasteiger charge is -2.39. The predicted octanol–water partition coefficient (Wildman–Crippen LogP) is 1.89. The summed E-state index contributed by atoms with van der Waals surface area (Å²) in [5.74, 6) is 1.30. The lowest BCUT2D eigenvalue weighted by molar-refractivity contribution is -0.121. The van der Waals surface area contributed by atoms with E-state index in [1.54, 1.807) is 12.1 Å². The average Bonchev–Trinajstić information content (AvgIpc) is 3.01. The summed E-state index contributed by atoms with van der Waals surface area (Å²) in [6.07, 6.45) is 2.51. The number of urea groups is 1. The molecule has 0 spiro atoms. The van der Waals surface area contributed by atoms with Crippen LogP contribution in [0.25, 0.3) is 0 Å². The van der Waals surface area contributed by atoms with E-state index in [0.29, 0.717) is 43.1 Å². The number of carbonyl (C=O) groups excluding carboxylic acids is 2. The Labute approximate surface area is 140 Å². The molecule has 3 heterocycles. The number of benzene rings is 1. The first-order valence-corrected chi connectivity index (χ1v) is 8.45. The SMILES string of the molecule is O=C(Nc1ccc2c(c1)OCO2)C1CCN(C(=O)N2CCC2)CC1. The van der Waals surface area contributed by atoms with Crippen molar-refractivity contribution in [3.8, 4) is 11.5 Å². The van der Waals surface area contributed by atoms with E-state index in [4.69, 9.17) is 9.47 Å². The van der Waals surface area contributed by atoms with Gasteiger partial charge in [-0.15, -0.1) is 0 Å². The molecule has 2 saturated heterocycles. The number of carbonyl (C=O) groups is 2. The van der Waals surface area contributed by atoms with Gasteiger partial charge in [-0.05, 0) is 31.4 Å². The third kappa shape index (κ3) is 2.86. The standard InChI is InChI=1S/C17H21N3O4/c21-16(18-13-2-3-14-15(10-13)24-11-23-14)12-4-8-20(9-5-12)17(22)19-6-1-7-19/h2-3,10,12H,1,4-9,11H2,(H,18,21). The Bertz CT molecular complexity index is 651. The van der Waals surface area contributed by atoms with Crippen molar-refractivity contribution in [2.24, 2.45) is 5.92 Å². The predicted molar refractivity (Wildman–Crippen MR) is 87.1 cm³/mol. The summed E-state index contributed by atoms with van der Waals surface area (Å²) in [7, 11) is 0. The van der Waals surface area contributed by atoms with Gasteiger partial charge in [0.1, 0.15) is 0 Å². The molecule has 3 aliphatic heterocycles. The number of likely N-dealkylation sites (tertiary alicyclic amines) is 2. The Balaban J connectivity index is 1.30. The highest BCUT2D eigenvalue weighted by atomic mass is 16.7. The maximum Gasteiger partial charge on any atom is 0.320 e. The van der Waals surface area contributed by atoms with Crippen LogP contribution in [0, 0.1) is 5.92 Å². The number of amides is 3. The molecule has 0 bridgehead atoms. The molecule has 4 rings (SSSR count). The van der Waals surface area contributed by atoms with Gasteiger partial charge in [-0.3, -0.25) is 4.79 Å². The van der Waals surface area contributed by atoms with Gasteiger partial charge in [-0.25, -0.2) is 4.79 Å². The Morgan fingerprint density at radius 1 is 1.00 bits per heavy atom. The van der Waals surface area contributed by atoms with Crippen LogP contribution in [0.2, 0.25) is 0 Å². The Kier molecular flexibility index (Phi) is 3.92. The zero-order valence-corrected chi connectivity index (χ0v) is 13.5. The van der Waals surface area contributed by atoms with Crippen molar-refractivity contribution in [2.75, 3.05) is 38.3 Å². The van der Waals surface area contributed by atoms with Gasteiger partial charge >= 0.3 is 6.03 Å². The minimum atomic E-state index is -0.0594. The summed E-state index contributed by atoms with van der Waals surface area (Å²) in [5.41, 5.74) is 0.711. The lowest BCUT2D eigenvalue weighted by Crippen LogP contribution is -2.52. The summed E-state index contributed by atoms with van der Waals surface area (Å²) in [6, 6.07) is 5.51. The maximum absolute atomic E-state index is 12.4. The highest BCUT2D eigenvalue weighted by molar-refractivity contribution is 5.93. The first-order valence-electron chi connectivity index (χ1n) is 8.45. The molecule has 7 heteroatoms. The maximum atomic E-state index is 12.4. The van der Waals surface area contributed by atoms with E-state index in [2.05, 4.69) is 5.32 Å². The van der Waals surface area contributed by atoms with Gasteiger partial charge < -0.3 is 24.6 Å². The van der Waals surface area contributed by atoms with E-state index >= 15 is 0 Å². The third-order valence-corrected chi connectivity index (χ3v) is 4.90. The molecule has 3 aliphatic rings. The molecule has 1 N–H and O–H groups in total. The molecule has 0 unspecified atom stereocenters. The highest BCUT2D eigenvalue weighted by Gasteiger charge is 2.31. The topological polar surface area (TPSA) is 71.1 Å². The minimum absolute atomic E-state index is 0.00455. The number of nitrogens with zero attached hydrogens (tertiary/aromatic N) is 2. The second kappa shape index (κ2) is 6.22. The fourth-order valence-corrected chi connectivity index (χ4v) is 3.26. The number of hydrogen-bond acceptors (Lipinski definition) is 4. The fraction of sp³-hybridized carbons (Fsp3) is 0.529. The monoisotopic (exact) mass is 331 g/mol. The third-order valence-electron chi connectivity index (χ3n) is 4.90. The molecule has 0 aliphatic carbocycles. The van der Waals surface area contributed by atoms with Crippen LogP contribution >= 0.6 is 0 Å². The Morgan fingerprint density at radius 2 is 1.71 bits per heavy atom. The molecule has 0 atom stereocenters. The molecule has 0 radical (unpaired) electrons. The van der Waals surface area contributed by atoms with E-state index in [0.717, 1.165) is 19.5 Å². The van der Waals surface area contributed by atoms with Crippen LogP contribution in [-0.2, 0) is 4.79 Å². The molecule has 2 fully saturated rings. The van der Waals surface area contributed by atoms with Gasteiger partial charge in [0, 0.05) is 43.9 Å².